The molecule has 0 bridgehead atoms. The van der Waals surface area contributed by atoms with Crippen LogP contribution in [0.4, 0.5) is 10.6 Å². The number of aliphatic hydroxyl groups excluding tert-OH is 3. The number of anilines is 1. The molecule has 0 saturated carbocycles. The largest absolute Gasteiger partial charge is 0.497 e. The van der Waals surface area contributed by atoms with Gasteiger partial charge in [0.15, 0.2) is 11.5 Å². The number of aromatic nitrogens is 1. The maximum Gasteiger partial charge on any atom is 0.412 e. The van der Waals surface area contributed by atoms with Gasteiger partial charge in [-0.3, -0.25) is 10.6 Å². The van der Waals surface area contributed by atoms with Gasteiger partial charge in [0, 0.05) is 18.3 Å². The molecule has 0 fully saturated rings. The number of carbonyl (C=O) groups excluding carboxylic acids is 1. The number of nitrogens with one attached hydrogen (secondary N) is 3. The molecular formula is C31H34ClN5O14S. The fraction of sp³-hybridized carbons (Fsp3) is 0.323. The highest BCUT2D eigenvalue weighted by Crippen LogP contribution is 2.38. The molecule has 0 spiro atoms. The second-order valence-electron chi connectivity index (χ2n) is 10.4. The Morgan fingerprint density at radius 3 is 2.65 bits per heavy atom. The van der Waals surface area contributed by atoms with E-state index in [4.69, 9.17) is 49.5 Å². The van der Waals surface area contributed by atoms with Gasteiger partial charge in [0.05, 0.1) is 36.8 Å². The number of benzene rings is 2. The zero-order chi connectivity index (χ0) is 37.1. The third kappa shape index (κ3) is 9.61. The standard InChI is InChI=1S/C31H34ClN5O14S/c1-44-20-5-7-22(32)24(14-20)51-27-28(45-12-13-46-30(41)34-26-4-2-3-9-33-26)35-29(47-17-19(40)16-39)36-31(27,50-11-10-38)37-52(42,43)21-6-8-23-25(15-21)49-18-48-23/h2-9,14-15,19,37-40H,10-13,16-18H2,1H3,(H,35,36)(H,33,34,41)/t19?,31-/m1/s1. The van der Waals surface area contributed by atoms with Gasteiger partial charge >= 0.3 is 6.09 Å². The highest BCUT2D eigenvalue weighted by molar-refractivity contribution is 7.89. The molecule has 1 unspecified atom stereocenters. The Labute approximate surface area is 301 Å². The summed E-state index contributed by atoms with van der Waals surface area (Å²) >= 11 is 6.47. The number of aliphatic imine (C=N–C) groups is 1. The van der Waals surface area contributed by atoms with Crippen molar-refractivity contribution in [1.29, 1.82) is 0 Å². The highest BCUT2D eigenvalue weighted by atomic mass is 35.5. The van der Waals surface area contributed by atoms with E-state index in [9.17, 15) is 28.5 Å². The summed E-state index contributed by atoms with van der Waals surface area (Å²) in [5.41, 5.74) is 0. The monoisotopic (exact) mass is 767 g/mol. The fourth-order valence-electron chi connectivity index (χ4n) is 4.37. The first-order valence-corrected chi connectivity index (χ1v) is 17.1. The lowest BCUT2D eigenvalue weighted by atomic mass is 10.3. The van der Waals surface area contributed by atoms with Crippen LogP contribution in [0.5, 0.6) is 23.0 Å². The Bertz CT molecular complexity index is 1880. The number of halogens is 1. The number of carbonyl (C=O) groups is 1. The molecule has 5 rings (SSSR count). The number of amides is 1. The van der Waals surface area contributed by atoms with Crippen molar-refractivity contribution in [2.24, 2.45) is 4.99 Å². The fourth-order valence-corrected chi connectivity index (χ4v) is 5.72. The Balaban J connectivity index is 1.55. The minimum atomic E-state index is -4.65. The summed E-state index contributed by atoms with van der Waals surface area (Å²) in [4.78, 5) is 20.3. The van der Waals surface area contributed by atoms with Crippen molar-refractivity contribution in [2.75, 3.05) is 58.9 Å². The Hall–Kier alpha value is -5.09. The number of ether oxygens (including phenoxy) is 8. The third-order valence-electron chi connectivity index (χ3n) is 6.75. The van der Waals surface area contributed by atoms with Crippen LogP contribution in [0.15, 0.2) is 82.3 Å². The third-order valence-corrected chi connectivity index (χ3v) is 8.49. The van der Waals surface area contributed by atoms with Crippen LogP contribution in [0.1, 0.15) is 0 Å². The van der Waals surface area contributed by atoms with E-state index in [0.29, 0.717) is 11.5 Å². The van der Waals surface area contributed by atoms with Crippen molar-refractivity contribution in [3.63, 3.8) is 0 Å². The van der Waals surface area contributed by atoms with Crippen LogP contribution in [0, 0.1) is 0 Å². The minimum Gasteiger partial charge on any atom is -0.497 e. The summed E-state index contributed by atoms with van der Waals surface area (Å²) in [5.74, 6) is -2.65. The summed E-state index contributed by atoms with van der Waals surface area (Å²) in [6.45, 7) is -3.25. The maximum absolute atomic E-state index is 14.1. The predicted octanol–water partition coefficient (Wildman–Crippen LogP) is 1.26. The van der Waals surface area contributed by atoms with Gasteiger partial charge in [0.25, 0.3) is 11.9 Å². The maximum atomic E-state index is 14.1. The van der Waals surface area contributed by atoms with Gasteiger partial charge < -0.3 is 53.2 Å². The van der Waals surface area contributed by atoms with Gasteiger partial charge in [-0.05, 0) is 36.4 Å². The molecular weight excluding hydrogens is 734 g/mol. The number of rotatable bonds is 17. The zero-order valence-electron chi connectivity index (χ0n) is 27.3. The smallest absolute Gasteiger partial charge is 0.412 e. The molecule has 0 aliphatic carbocycles. The van der Waals surface area contributed by atoms with Crippen molar-refractivity contribution < 1.29 is 66.4 Å². The Morgan fingerprint density at radius 2 is 1.90 bits per heavy atom. The summed E-state index contributed by atoms with van der Waals surface area (Å²) in [7, 11) is -3.25. The van der Waals surface area contributed by atoms with Crippen molar-refractivity contribution in [2.45, 2.75) is 16.8 Å². The molecule has 21 heteroatoms. The van der Waals surface area contributed by atoms with Crippen LogP contribution < -0.4 is 34.3 Å². The molecule has 2 aromatic carbocycles. The van der Waals surface area contributed by atoms with E-state index in [1.807, 2.05) is 0 Å². The molecule has 52 heavy (non-hydrogen) atoms. The second kappa shape index (κ2) is 17.4. The molecule has 2 aliphatic rings. The lowest BCUT2D eigenvalue weighted by molar-refractivity contribution is -0.0662. The van der Waals surface area contributed by atoms with Crippen molar-refractivity contribution >= 4 is 39.6 Å². The molecule has 2 aliphatic heterocycles. The summed E-state index contributed by atoms with van der Waals surface area (Å²) in [6, 6.07) is 12.6. The quantitative estimate of drug-likeness (QED) is 0.0836. The van der Waals surface area contributed by atoms with Crippen LogP contribution in [-0.2, 0) is 29.0 Å². The van der Waals surface area contributed by atoms with Crippen LogP contribution in [0.2, 0.25) is 5.02 Å². The first-order chi connectivity index (χ1) is 25.1. The topological polar surface area (TPSA) is 247 Å². The SMILES string of the molecule is COc1ccc(Cl)c(OC2=C(OCCOC(=O)Nc3ccccn3)NC(OCC(O)CO)=N[C@]2(NS(=O)(=O)c2ccc3c(c2)OCO3)OCCO)c1. The van der Waals surface area contributed by atoms with Crippen molar-refractivity contribution in [3.8, 4) is 23.0 Å². The number of sulfonamides is 1. The molecule has 3 aromatic rings. The number of pyridine rings is 1. The number of fused-ring (bicyclic) bond motifs is 1. The number of aliphatic hydroxyl groups is 3. The summed E-state index contributed by atoms with van der Waals surface area (Å²) < 4.78 is 75.1. The van der Waals surface area contributed by atoms with Crippen LogP contribution in [0.25, 0.3) is 0 Å². The Kier molecular flexibility index (Phi) is 12.8. The summed E-state index contributed by atoms with van der Waals surface area (Å²) in [6.07, 6.45) is -0.758. The van der Waals surface area contributed by atoms with Gasteiger partial charge in [-0.2, -0.15) is 9.71 Å². The average Bonchev–Trinajstić information content (AvgIpc) is 3.62. The first kappa shape index (κ1) is 38.1. The first-order valence-electron chi connectivity index (χ1n) is 15.3. The predicted molar refractivity (Wildman–Crippen MR) is 179 cm³/mol. The van der Waals surface area contributed by atoms with Crippen LogP contribution in [-0.4, -0.2) is 106 Å². The molecule has 3 heterocycles. The number of amidine groups is 1. The van der Waals surface area contributed by atoms with Crippen molar-refractivity contribution in [3.05, 3.63) is 77.5 Å². The van der Waals surface area contributed by atoms with Gasteiger partial charge in [-0.15, -0.1) is 0 Å². The van der Waals surface area contributed by atoms with E-state index in [2.05, 4.69) is 25.3 Å². The lowest BCUT2D eigenvalue weighted by Gasteiger charge is -2.36. The van der Waals surface area contributed by atoms with E-state index in [1.165, 1.54) is 43.6 Å². The van der Waals surface area contributed by atoms with E-state index in [0.717, 1.165) is 0 Å². The molecule has 1 aromatic heterocycles. The van der Waals surface area contributed by atoms with E-state index in [1.54, 1.807) is 24.3 Å². The summed E-state index contributed by atoms with van der Waals surface area (Å²) in [5, 5.41) is 34.3. The normalized spacial score (nSPS) is 17.1. The average molecular weight is 768 g/mol. The van der Waals surface area contributed by atoms with Gasteiger partial charge in [-0.1, -0.05) is 17.7 Å². The lowest BCUT2D eigenvalue weighted by Crippen LogP contribution is -2.57. The van der Waals surface area contributed by atoms with Gasteiger partial charge in [0.1, 0.15) is 43.2 Å². The number of methoxy groups -OCH3 is 1. The van der Waals surface area contributed by atoms with Gasteiger partial charge in [0.2, 0.25) is 28.5 Å². The molecule has 1 amide bonds. The number of hydrogen-bond donors (Lipinski definition) is 6. The molecule has 2 atom stereocenters. The second-order valence-corrected chi connectivity index (χ2v) is 12.5. The Morgan fingerprint density at radius 1 is 1.08 bits per heavy atom. The number of hydrogen-bond acceptors (Lipinski definition) is 17. The van der Waals surface area contributed by atoms with Crippen LogP contribution in [0.3, 0.4) is 0 Å². The molecule has 0 saturated heterocycles. The molecule has 6 N–H and O–H groups in total. The van der Waals surface area contributed by atoms with Gasteiger partial charge in [-0.25, -0.2) is 18.2 Å². The number of nitrogens with zero attached hydrogens (tertiary/aromatic N) is 2. The van der Waals surface area contributed by atoms with E-state index < -0.39 is 72.2 Å². The molecule has 280 valence electrons. The molecule has 0 radical (unpaired) electrons. The van der Waals surface area contributed by atoms with Crippen LogP contribution >= 0.6 is 11.6 Å². The highest BCUT2D eigenvalue weighted by Gasteiger charge is 2.49. The van der Waals surface area contributed by atoms with E-state index >= 15 is 0 Å². The van der Waals surface area contributed by atoms with E-state index in [-0.39, 0.29) is 47.2 Å². The van der Waals surface area contributed by atoms with Crippen molar-refractivity contribution in [1.82, 2.24) is 15.0 Å². The minimum absolute atomic E-state index is 0.0361. The molecule has 19 nitrogen and oxygen atoms in total. The zero-order valence-corrected chi connectivity index (χ0v) is 28.9.